The fraction of sp³-hybridized carbons (Fsp3) is 0.0625. The van der Waals surface area contributed by atoms with Gasteiger partial charge >= 0.3 is 0 Å². The number of carbonyl (C=O) groups excluding carboxylic acids is 1. The lowest BCUT2D eigenvalue weighted by Crippen LogP contribution is -2.18. The Morgan fingerprint density at radius 1 is 1.27 bits per heavy atom. The van der Waals surface area contributed by atoms with Crippen LogP contribution in [0.15, 0.2) is 47.5 Å². The Morgan fingerprint density at radius 2 is 1.92 bits per heavy atom. The van der Waals surface area contributed by atoms with Crippen LogP contribution < -0.4 is 10.9 Å². The molecule has 7 nitrogen and oxygen atoms in total. The van der Waals surface area contributed by atoms with Gasteiger partial charge < -0.3 is 5.32 Å². The minimum atomic E-state index is -0.440. The molecule has 10 heteroatoms. The standard InChI is InChI=1S/C16H12Cl3N5O2/c1-8(2)16(26)21-15-12(24-13(25)3-4-20-24)7-23(22-15)14-10(18)5-9(17)6-11(14)19/h3-7,20H,1H2,2H3,(H,21,22,26). The molecule has 0 bridgehead atoms. The lowest BCUT2D eigenvalue weighted by molar-refractivity contribution is -0.112. The maximum Gasteiger partial charge on any atom is 0.271 e. The number of halogens is 3. The van der Waals surface area contributed by atoms with Crippen LogP contribution in [-0.2, 0) is 4.79 Å². The van der Waals surface area contributed by atoms with Gasteiger partial charge in [-0.2, -0.15) is 0 Å². The van der Waals surface area contributed by atoms with Crippen molar-refractivity contribution in [1.29, 1.82) is 0 Å². The first-order valence-corrected chi connectivity index (χ1v) is 8.39. The summed E-state index contributed by atoms with van der Waals surface area (Å²) < 4.78 is 2.58. The summed E-state index contributed by atoms with van der Waals surface area (Å²) >= 11 is 18.4. The third-order valence-corrected chi connectivity index (χ3v) is 4.21. The van der Waals surface area contributed by atoms with E-state index in [9.17, 15) is 9.59 Å². The van der Waals surface area contributed by atoms with Gasteiger partial charge in [0.1, 0.15) is 11.4 Å². The van der Waals surface area contributed by atoms with E-state index in [-0.39, 0.29) is 27.0 Å². The van der Waals surface area contributed by atoms with Crippen molar-refractivity contribution in [2.45, 2.75) is 6.92 Å². The number of benzene rings is 1. The molecule has 3 rings (SSSR count). The maximum absolute atomic E-state index is 12.0. The molecule has 2 heterocycles. The van der Waals surface area contributed by atoms with Crippen LogP contribution in [0.25, 0.3) is 11.4 Å². The van der Waals surface area contributed by atoms with Gasteiger partial charge in [0.2, 0.25) is 0 Å². The molecule has 26 heavy (non-hydrogen) atoms. The largest absolute Gasteiger partial charge is 0.304 e. The summed E-state index contributed by atoms with van der Waals surface area (Å²) in [5.41, 5.74) is 0.613. The summed E-state index contributed by atoms with van der Waals surface area (Å²) in [7, 11) is 0. The zero-order valence-electron chi connectivity index (χ0n) is 13.4. The summed E-state index contributed by atoms with van der Waals surface area (Å²) in [6.45, 7) is 5.14. The zero-order chi connectivity index (χ0) is 19.0. The second-order valence-electron chi connectivity index (χ2n) is 5.40. The van der Waals surface area contributed by atoms with E-state index < -0.39 is 5.91 Å². The summed E-state index contributed by atoms with van der Waals surface area (Å²) in [4.78, 5) is 24.0. The van der Waals surface area contributed by atoms with Crippen LogP contribution in [0.5, 0.6) is 0 Å². The van der Waals surface area contributed by atoms with Crippen molar-refractivity contribution in [1.82, 2.24) is 19.6 Å². The number of nitrogens with zero attached hydrogens (tertiary/aromatic N) is 3. The van der Waals surface area contributed by atoms with Crippen molar-refractivity contribution in [2.24, 2.45) is 0 Å². The average molecular weight is 413 g/mol. The van der Waals surface area contributed by atoms with Crippen LogP contribution in [0.1, 0.15) is 6.92 Å². The predicted octanol–water partition coefficient (Wildman–Crippen LogP) is 3.83. The van der Waals surface area contributed by atoms with Gasteiger partial charge in [-0.15, -0.1) is 5.10 Å². The molecule has 0 unspecified atom stereocenters. The number of carbonyl (C=O) groups is 1. The van der Waals surface area contributed by atoms with E-state index in [0.29, 0.717) is 16.4 Å². The molecule has 1 amide bonds. The molecule has 2 aromatic heterocycles. The molecular weight excluding hydrogens is 401 g/mol. The molecule has 0 aliphatic heterocycles. The molecule has 134 valence electrons. The van der Waals surface area contributed by atoms with Crippen LogP contribution in [0, 0.1) is 0 Å². The molecule has 2 N–H and O–H groups in total. The molecule has 1 aromatic carbocycles. The Balaban J connectivity index is 2.19. The Bertz CT molecular complexity index is 1060. The van der Waals surface area contributed by atoms with E-state index in [4.69, 9.17) is 34.8 Å². The first-order chi connectivity index (χ1) is 12.3. The zero-order valence-corrected chi connectivity index (χ0v) is 15.7. The highest BCUT2D eigenvalue weighted by molar-refractivity contribution is 6.40. The lowest BCUT2D eigenvalue weighted by atomic mass is 10.3. The normalized spacial score (nSPS) is 10.8. The first-order valence-electron chi connectivity index (χ1n) is 7.26. The second kappa shape index (κ2) is 7.03. The highest BCUT2D eigenvalue weighted by Crippen LogP contribution is 2.33. The number of rotatable bonds is 4. The summed E-state index contributed by atoms with van der Waals surface area (Å²) in [5.74, 6) is -0.311. The van der Waals surface area contributed by atoms with Gasteiger partial charge in [-0.1, -0.05) is 41.4 Å². The molecule has 0 spiro atoms. The fourth-order valence-electron chi connectivity index (χ4n) is 2.21. The van der Waals surface area contributed by atoms with Gasteiger partial charge in [0.25, 0.3) is 11.5 Å². The van der Waals surface area contributed by atoms with E-state index in [1.807, 2.05) is 0 Å². The molecule has 0 fully saturated rings. The van der Waals surface area contributed by atoms with Crippen molar-refractivity contribution in [2.75, 3.05) is 5.32 Å². The highest BCUT2D eigenvalue weighted by atomic mass is 35.5. The molecule has 0 radical (unpaired) electrons. The minimum Gasteiger partial charge on any atom is -0.304 e. The number of nitrogens with one attached hydrogen (secondary N) is 2. The average Bonchev–Trinajstić information content (AvgIpc) is 3.12. The summed E-state index contributed by atoms with van der Waals surface area (Å²) in [6.07, 6.45) is 2.97. The summed E-state index contributed by atoms with van der Waals surface area (Å²) in [5, 5.41) is 10.5. The number of hydrogen-bond acceptors (Lipinski definition) is 3. The monoisotopic (exact) mass is 411 g/mol. The molecule has 0 atom stereocenters. The topological polar surface area (TPSA) is 84.7 Å². The van der Waals surface area contributed by atoms with Gasteiger partial charge in [-0.25, -0.2) is 9.36 Å². The minimum absolute atomic E-state index is 0.129. The second-order valence-corrected chi connectivity index (χ2v) is 6.65. The van der Waals surface area contributed by atoms with E-state index in [2.05, 4.69) is 22.1 Å². The molecule has 0 saturated heterocycles. The van der Waals surface area contributed by atoms with E-state index in [0.717, 1.165) is 0 Å². The highest BCUT2D eigenvalue weighted by Gasteiger charge is 2.19. The Labute approximate surface area is 162 Å². The van der Waals surface area contributed by atoms with Crippen LogP contribution >= 0.6 is 34.8 Å². The van der Waals surface area contributed by atoms with E-state index in [1.54, 1.807) is 6.92 Å². The quantitative estimate of drug-likeness (QED) is 0.639. The maximum atomic E-state index is 12.0. The Morgan fingerprint density at radius 3 is 2.46 bits per heavy atom. The number of aromatic amines is 1. The van der Waals surface area contributed by atoms with E-state index >= 15 is 0 Å². The summed E-state index contributed by atoms with van der Waals surface area (Å²) in [6, 6.07) is 4.36. The Hall–Kier alpha value is -2.48. The van der Waals surface area contributed by atoms with Crippen molar-refractivity contribution in [3.05, 3.63) is 68.2 Å². The van der Waals surface area contributed by atoms with Crippen LogP contribution in [0.2, 0.25) is 15.1 Å². The number of hydrogen-bond donors (Lipinski definition) is 2. The molecular formula is C16H12Cl3N5O2. The third kappa shape index (κ3) is 3.41. The smallest absolute Gasteiger partial charge is 0.271 e. The lowest BCUT2D eigenvalue weighted by Gasteiger charge is -2.07. The van der Waals surface area contributed by atoms with Crippen LogP contribution in [0.3, 0.4) is 0 Å². The molecule has 3 aromatic rings. The van der Waals surface area contributed by atoms with Crippen molar-refractivity contribution < 1.29 is 4.79 Å². The fourth-order valence-corrected chi connectivity index (χ4v) is 3.20. The number of anilines is 1. The van der Waals surface area contributed by atoms with Crippen molar-refractivity contribution >= 4 is 46.5 Å². The first kappa shape index (κ1) is 18.3. The van der Waals surface area contributed by atoms with Crippen molar-refractivity contribution in [3.63, 3.8) is 0 Å². The third-order valence-electron chi connectivity index (χ3n) is 3.42. The molecule has 0 aliphatic rings. The number of amides is 1. The van der Waals surface area contributed by atoms with Gasteiger partial charge in [-0.3, -0.25) is 14.7 Å². The molecule has 0 saturated carbocycles. The van der Waals surface area contributed by atoms with Gasteiger partial charge in [0.05, 0.1) is 16.2 Å². The SMILES string of the molecule is C=C(C)C(=O)Nc1nn(-c2c(Cl)cc(Cl)cc2Cl)cc1-n1[nH]ccc1=O. The van der Waals surface area contributed by atoms with Crippen molar-refractivity contribution in [3.8, 4) is 11.4 Å². The van der Waals surface area contributed by atoms with Gasteiger partial charge in [0.15, 0.2) is 5.82 Å². The van der Waals surface area contributed by atoms with Crippen LogP contribution in [-0.4, -0.2) is 25.5 Å². The van der Waals surface area contributed by atoms with Gasteiger partial charge in [-0.05, 0) is 19.1 Å². The predicted molar refractivity (Wildman–Crippen MR) is 102 cm³/mol. The number of H-pyrrole nitrogens is 1. The van der Waals surface area contributed by atoms with E-state index in [1.165, 1.54) is 40.0 Å². The molecule has 0 aliphatic carbocycles. The Kier molecular flexibility index (Phi) is 4.95. The van der Waals surface area contributed by atoms with Gasteiger partial charge in [0, 0.05) is 22.9 Å². The number of aromatic nitrogens is 4. The van der Waals surface area contributed by atoms with Crippen LogP contribution in [0.4, 0.5) is 5.82 Å².